The molecule has 1 heterocycles. The largest absolute Gasteiger partial charge is 0.385 e. The van der Waals surface area contributed by atoms with Crippen LogP contribution in [0.4, 0.5) is 5.69 Å². The first-order valence-electron chi connectivity index (χ1n) is 6.76. The molecule has 1 amide bonds. The van der Waals surface area contributed by atoms with Crippen LogP contribution in [-0.4, -0.2) is 36.4 Å². The zero-order valence-corrected chi connectivity index (χ0v) is 11.6. The summed E-state index contributed by atoms with van der Waals surface area (Å²) in [5.41, 5.74) is 2.99. The van der Waals surface area contributed by atoms with Crippen molar-refractivity contribution < 1.29 is 4.79 Å². The Labute approximate surface area is 114 Å². The van der Waals surface area contributed by atoms with Crippen molar-refractivity contribution in [1.29, 1.82) is 0 Å². The molecule has 4 nitrogen and oxygen atoms in total. The number of hydrogen-bond donors (Lipinski definition) is 1. The van der Waals surface area contributed by atoms with Gasteiger partial charge in [-0.25, -0.2) is 0 Å². The van der Waals surface area contributed by atoms with E-state index in [0.29, 0.717) is 5.69 Å². The fourth-order valence-electron chi connectivity index (χ4n) is 2.22. The van der Waals surface area contributed by atoms with E-state index in [1.807, 2.05) is 12.1 Å². The smallest absolute Gasteiger partial charge is 0.272 e. The maximum absolute atomic E-state index is 11.8. The Hall–Kier alpha value is -1.84. The maximum Gasteiger partial charge on any atom is 0.272 e. The normalized spacial score (nSPS) is 14.1. The first-order chi connectivity index (χ1) is 9.16. The summed E-state index contributed by atoms with van der Waals surface area (Å²) in [6, 6.07) is 3.71. The van der Waals surface area contributed by atoms with Crippen LogP contribution in [0, 0.1) is 0 Å². The van der Waals surface area contributed by atoms with Crippen LogP contribution in [0.2, 0.25) is 0 Å². The number of carbonyl (C=O) groups is 1. The molecule has 1 aliphatic carbocycles. The number of allylic oxidation sites excluding steroid dienone is 1. The summed E-state index contributed by atoms with van der Waals surface area (Å²) in [7, 11) is 3.47. The molecule has 0 saturated carbocycles. The molecule has 1 aromatic rings. The summed E-state index contributed by atoms with van der Waals surface area (Å²) in [5.74, 6) is -0.0675. The van der Waals surface area contributed by atoms with Gasteiger partial charge in [0.1, 0.15) is 5.69 Å². The third-order valence-electron chi connectivity index (χ3n) is 3.30. The highest BCUT2D eigenvalue weighted by molar-refractivity contribution is 5.92. The van der Waals surface area contributed by atoms with Gasteiger partial charge in [0.05, 0.1) is 0 Å². The highest BCUT2D eigenvalue weighted by atomic mass is 16.2. The van der Waals surface area contributed by atoms with E-state index in [2.05, 4.69) is 16.4 Å². The molecule has 0 aromatic carbocycles. The molecule has 0 atom stereocenters. The number of nitrogens with zero attached hydrogens (tertiary/aromatic N) is 2. The van der Waals surface area contributed by atoms with Crippen molar-refractivity contribution in [2.75, 3.05) is 26.0 Å². The lowest BCUT2D eigenvalue weighted by Crippen LogP contribution is -2.22. The SMILES string of the molecule is CN(C)C(=O)c1cc(NCCC2=CCCC2)ccn1. The molecule has 19 heavy (non-hydrogen) atoms. The molecule has 1 aliphatic rings. The number of rotatable bonds is 5. The van der Waals surface area contributed by atoms with Crippen molar-refractivity contribution in [3.63, 3.8) is 0 Å². The van der Waals surface area contributed by atoms with E-state index in [4.69, 9.17) is 0 Å². The zero-order chi connectivity index (χ0) is 13.7. The third-order valence-corrected chi connectivity index (χ3v) is 3.30. The van der Waals surface area contributed by atoms with Gasteiger partial charge in [0, 0.05) is 32.5 Å². The molecule has 102 valence electrons. The van der Waals surface area contributed by atoms with Crippen molar-refractivity contribution >= 4 is 11.6 Å². The van der Waals surface area contributed by atoms with Gasteiger partial charge in [-0.2, -0.15) is 0 Å². The van der Waals surface area contributed by atoms with Crippen LogP contribution in [0.5, 0.6) is 0 Å². The quantitative estimate of drug-likeness (QED) is 0.827. The lowest BCUT2D eigenvalue weighted by atomic mass is 10.1. The molecule has 0 unspecified atom stereocenters. The van der Waals surface area contributed by atoms with Crippen LogP contribution in [0.3, 0.4) is 0 Å². The topological polar surface area (TPSA) is 45.2 Å². The summed E-state index contributed by atoms with van der Waals surface area (Å²) in [5, 5.41) is 3.35. The maximum atomic E-state index is 11.8. The molecule has 1 aromatic heterocycles. The highest BCUT2D eigenvalue weighted by Gasteiger charge is 2.10. The Balaban J connectivity index is 1.89. The summed E-state index contributed by atoms with van der Waals surface area (Å²) in [6.45, 7) is 0.908. The average molecular weight is 259 g/mol. The number of pyridine rings is 1. The number of aromatic nitrogens is 1. The molecule has 0 spiro atoms. The van der Waals surface area contributed by atoms with Gasteiger partial charge in [0.25, 0.3) is 5.91 Å². The number of nitrogens with one attached hydrogen (secondary N) is 1. The van der Waals surface area contributed by atoms with Gasteiger partial charge in [-0.3, -0.25) is 9.78 Å². The molecule has 0 fully saturated rings. The van der Waals surface area contributed by atoms with E-state index in [1.54, 1.807) is 25.9 Å². The Kier molecular flexibility index (Phi) is 4.55. The summed E-state index contributed by atoms with van der Waals surface area (Å²) in [4.78, 5) is 17.4. The predicted octanol–water partition coefficient (Wildman–Crippen LogP) is 2.70. The lowest BCUT2D eigenvalue weighted by Gasteiger charge is -2.11. The molecular weight excluding hydrogens is 238 g/mol. The minimum absolute atomic E-state index is 0.0675. The first kappa shape index (κ1) is 13.6. The number of carbonyl (C=O) groups excluding carboxylic acids is 1. The first-order valence-corrected chi connectivity index (χ1v) is 6.76. The lowest BCUT2D eigenvalue weighted by molar-refractivity contribution is 0.0822. The highest BCUT2D eigenvalue weighted by Crippen LogP contribution is 2.20. The molecule has 2 rings (SSSR count). The summed E-state index contributed by atoms with van der Waals surface area (Å²) in [6.07, 6.45) is 8.86. The van der Waals surface area contributed by atoms with Gasteiger partial charge in [-0.05, 0) is 37.8 Å². The Bertz CT molecular complexity index is 480. The Morgan fingerprint density at radius 1 is 1.47 bits per heavy atom. The molecule has 0 saturated heterocycles. The fourth-order valence-corrected chi connectivity index (χ4v) is 2.22. The third kappa shape index (κ3) is 3.81. The van der Waals surface area contributed by atoms with Crippen LogP contribution in [0.15, 0.2) is 30.0 Å². The fraction of sp³-hybridized carbons (Fsp3) is 0.467. The van der Waals surface area contributed by atoms with Crippen molar-refractivity contribution in [3.8, 4) is 0 Å². The van der Waals surface area contributed by atoms with Gasteiger partial charge >= 0.3 is 0 Å². The van der Waals surface area contributed by atoms with E-state index < -0.39 is 0 Å². The van der Waals surface area contributed by atoms with Crippen LogP contribution in [-0.2, 0) is 0 Å². The molecule has 0 bridgehead atoms. The monoisotopic (exact) mass is 259 g/mol. The molecule has 0 aliphatic heterocycles. The second-order valence-electron chi connectivity index (χ2n) is 5.06. The van der Waals surface area contributed by atoms with Gasteiger partial charge < -0.3 is 10.2 Å². The predicted molar refractivity (Wildman–Crippen MR) is 77.3 cm³/mol. The standard InChI is InChI=1S/C15H21N3O/c1-18(2)15(19)14-11-13(8-10-17-14)16-9-7-12-5-3-4-6-12/h5,8,10-11H,3-4,6-7,9H2,1-2H3,(H,16,17). The Morgan fingerprint density at radius 3 is 3.00 bits per heavy atom. The van der Waals surface area contributed by atoms with E-state index in [1.165, 1.54) is 24.2 Å². The zero-order valence-electron chi connectivity index (χ0n) is 11.6. The van der Waals surface area contributed by atoms with Crippen LogP contribution in [0.25, 0.3) is 0 Å². The average Bonchev–Trinajstić information content (AvgIpc) is 2.91. The number of amides is 1. The van der Waals surface area contributed by atoms with E-state index in [-0.39, 0.29) is 5.91 Å². The van der Waals surface area contributed by atoms with Crippen LogP contribution >= 0.6 is 0 Å². The minimum Gasteiger partial charge on any atom is -0.385 e. The van der Waals surface area contributed by atoms with Crippen molar-refractivity contribution in [3.05, 3.63) is 35.7 Å². The van der Waals surface area contributed by atoms with Crippen molar-refractivity contribution in [2.24, 2.45) is 0 Å². The minimum atomic E-state index is -0.0675. The molecule has 1 N–H and O–H groups in total. The van der Waals surface area contributed by atoms with Crippen molar-refractivity contribution in [2.45, 2.75) is 25.7 Å². The number of anilines is 1. The molecular formula is C15H21N3O. The van der Waals surface area contributed by atoms with Crippen LogP contribution < -0.4 is 5.32 Å². The second kappa shape index (κ2) is 6.36. The molecule has 4 heteroatoms. The summed E-state index contributed by atoms with van der Waals surface area (Å²) >= 11 is 0. The number of hydrogen-bond acceptors (Lipinski definition) is 3. The second-order valence-corrected chi connectivity index (χ2v) is 5.06. The molecule has 0 radical (unpaired) electrons. The van der Waals surface area contributed by atoms with E-state index >= 15 is 0 Å². The van der Waals surface area contributed by atoms with Gasteiger partial charge in [0.15, 0.2) is 0 Å². The van der Waals surface area contributed by atoms with Crippen LogP contribution in [0.1, 0.15) is 36.2 Å². The summed E-state index contributed by atoms with van der Waals surface area (Å²) < 4.78 is 0. The van der Waals surface area contributed by atoms with Gasteiger partial charge in [-0.1, -0.05) is 11.6 Å². The van der Waals surface area contributed by atoms with Crippen molar-refractivity contribution in [1.82, 2.24) is 9.88 Å². The van der Waals surface area contributed by atoms with Gasteiger partial charge in [-0.15, -0.1) is 0 Å². The van der Waals surface area contributed by atoms with E-state index in [0.717, 1.165) is 18.7 Å². The Morgan fingerprint density at radius 2 is 2.32 bits per heavy atom. The van der Waals surface area contributed by atoms with Gasteiger partial charge in [0.2, 0.25) is 0 Å². The van der Waals surface area contributed by atoms with E-state index in [9.17, 15) is 4.79 Å².